The Morgan fingerprint density at radius 3 is 2.63 bits per heavy atom. The van der Waals surface area contributed by atoms with Gasteiger partial charge in [0, 0.05) is 11.6 Å². The molecule has 142 valence electrons. The number of nitro groups is 1. The highest BCUT2D eigenvalue weighted by Crippen LogP contribution is 2.32. The standard InChI is InChI=1S/C19H21N3O5/c1-12-6-15(16(22(24)25)7-13(12)2)20-19(23)10-21(3)9-14-4-5-17-18(8-14)27-11-26-17/h4-8H,9-11H2,1-3H3,(H,20,23)/p+1. The Hall–Kier alpha value is -3.13. The number of nitrogens with one attached hydrogen (secondary N) is 2. The number of carbonyl (C=O) groups excluding carboxylic acids is 1. The number of likely N-dealkylation sites (N-methyl/N-ethyl adjacent to an activating group) is 1. The van der Waals surface area contributed by atoms with Gasteiger partial charge in [0.05, 0.1) is 12.0 Å². The zero-order valence-corrected chi connectivity index (χ0v) is 15.5. The van der Waals surface area contributed by atoms with Crippen molar-refractivity contribution in [2.75, 3.05) is 25.7 Å². The van der Waals surface area contributed by atoms with Gasteiger partial charge in [-0.15, -0.1) is 0 Å². The molecule has 0 fully saturated rings. The summed E-state index contributed by atoms with van der Waals surface area (Å²) in [6.45, 7) is 4.67. The van der Waals surface area contributed by atoms with Gasteiger partial charge in [-0.25, -0.2) is 0 Å². The number of fused-ring (bicyclic) bond motifs is 1. The molecule has 0 bridgehead atoms. The highest BCUT2D eigenvalue weighted by Gasteiger charge is 2.20. The van der Waals surface area contributed by atoms with Crippen LogP contribution in [0.5, 0.6) is 11.5 Å². The number of rotatable bonds is 6. The second-order valence-electron chi connectivity index (χ2n) is 6.76. The van der Waals surface area contributed by atoms with Crippen LogP contribution in [0.15, 0.2) is 30.3 Å². The first-order valence-corrected chi connectivity index (χ1v) is 8.59. The Balaban J connectivity index is 1.64. The molecule has 0 saturated heterocycles. The molecule has 8 nitrogen and oxygen atoms in total. The second kappa shape index (κ2) is 7.63. The molecular formula is C19H22N3O5+. The van der Waals surface area contributed by atoms with E-state index in [4.69, 9.17) is 9.47 Å². The van der Waals surface area contributed by atoms with E-state index in [0.29, 0.717) is 12.3 Å². The Morgan fingerprint density at radius 2 is 1.89 bits per heavy atom. The van der Waals surface area contributed by atoms with E-state index in [2.05, 4.69) is 5.32 Å². The predicted molar refractivity (Wildman–Crippen MR) is 99.2 cm³/mol. The van der Waals surface area contributed by atoms with Crippen LogP contribution >= 0.6 is 0 Å². The summed E-state index contributed by atoms with van der Waals surface area (Å²) >= 11 is 0. The third-order valence-electron chi connectivity index (χ3n) is 4.49. The number of aryl methyl sites for hydroxylation is 2. The molecular weight excluding hydrogens is 350 g/mol. The molecule has 2 N–H and O–H groups in total. The molecule has 1 amide bonds. The first-order valence-electron chi connectivity index (χ1n) is 8.59. The molecule has 0 spiro atoms. The summed E-state index contributed by atoms with van der Waals surface area (Å²) in [4.78, 5) is 24.1. The topological polar surface area (TPSA) is 95.1 Å². The van der Waals surface area contributed by atoms with Gasteiger partial charge in [-0.1, -0.05) is 0 Å². The minimum atomic E-state index is -0.481. The van der Waals surface area contributed by atoms with E-state index in [9.17, 15) is 14.9 Å². The summed E-state index contributed by atoms with van der Waals surface area (Å²) in [5.41, 5.74) is 2.84. The maximum atomic E-state index is 12.4. The van der Waals surface area contributed by atoms with Gasteiger partial charge >= 0.3 is 0 Å². The molecule has 2 aromatic carbocycles. The normalized spacial score (nSPS) is 13.3. The summed E-state index contributed by atoms with van der Waals surface area (Å²) in [6, 6.07) is 8.80. The summed E-state index contributed by atoms with van der Waals surface area (Å²) < 4.78 is 10.7. The van der Waals surface area contributed by atoms with Crippen molar-refractivity contribution in [3.63, 3.8) is 0 Å². The minimum absolute atomic E-state index is 0.0973. The summed E-state index contributed by atoms with van der Waals surface area (Å²) in [7, 11) is 1.89. The average molecular weight is 372 g/mol. The van der Waals surface area contributed by atoms with Crippen LogP contribution in [-0.4, -0.2) is 31.2 Å². The largest absolute Gasteiger partial charge is 0.454 e. The fourth-order valence-corrected chi connectivity index (χ4v) is 2.98. The molecule has 3 rings (SSSR count). The summed E-state index contributed by atoms with van der Waals surface area (Å²) in [6.07, 6.45) is 0. The van der Waals surface area contributed by atoms with Crippen LogP contribution in [0, 0.1) is 24.0 Å². The number of amides is 1. The van der Waals surface area contributed by atoms with E-state index in [0.717, 1.165) is 27.3 Å². The molecule has 0 aromatic heterocycles. The molecule has 8 heteroatoms. The third-order valence-corrected chi connectivity index (χ3v) is 4.49. The second-order valence-corrected chi connectivity index (χ2v) is 6.76. The number of anilines is 1. The van der Waals surface area contributed by atoms with Crippen molar-refractivity contribution in [2.24, 2.45) is 0 Å². The molecule has 1 aliphatic rings. The van der Waals surface area contributed by atoms with Crippen LogP contribution in [0.3, 0.4) is 0 Å². The predicted octanol–water partition coefficient (Wildman–Crippen LogP) is 1.59. The fourth-order valence-electron chi connectivity index (χ4n) is 2.98. The zero-order chi connectivity index (χ0) is 19.6. The van der Waals surface area contributed by atoms with Gasteiger partial charge in [0.25, 0.3) is 11.6 Å². The molecule has 1 unspecified atom stereocenters. The van der Waals surface area contributed by atoms with Crippen molar-refractivity contribution in [2.45, 2.75) is 20.4 Å². The summed E-state index contributed by atoms with van der Waals surface area (Å²) in [5.74, 6) is 1.14. The van der Waals surface area contributed by atoms with Gasteiger partial charge < -0.3 is 19.7 Å². The van der Waals surface area contributed by atoms with E-state index in [1.54, 1.807) is 13.0 Å². The number of nitrogens with zero attached hydrogens (tertiary/aromatic N) is 1. The molecule has 27 heavy (non-hydrogen) atoms. The molecule has 1 atom stereocenters. The van der Waals surface area contributed by atoms with Crippen LogP contribution < -0.4 is 19.7 Å². The number of ether oxygens (including phenoxy) is 2. The SMILES string of the molecule is Cc1cc(NC(=O)C[NH+](C)Cc2ccc3c(c2)OCO3)c([N+](=O)[O-])cc1C. The quantitative estimate of drug-likeness (QED) is 0.593. The van der Waals surface area contributed by atoms with Gasteiger partial charge in [0.15, 0.2) is 18.0 Å². The van der Waals surface area contributed by atoms with Gasteiger partial charge in [0.1, 0.15) is 12.2 Å². The highest BCUT2D eigenvalue weighted by atomic mass is 16.7. The molecule has 0 saturated carbocycles. The van der Waals surface area contributed by atoms with Gasteiger partial charge in [-0.05, 0) is 49.2 Å². The maximum absolute atomic E-state index is 12.4. The van der Waals surface area contributed by atoms with E-state index in [-0.39, 0.29) is 30.6 Å². The van der Waals surface area contributed by atoms with Crippen molar-refractivity contribution in [3.05, 3.63) is 57.1 Å². The smallest absolute Gasteiger partial charge is 0.293 e. The van der Waals surface area contributed by atoms with Gasteiger partial charge in [-0.2, -0.15) is 0 Å². The number of hydrogen-bond donors (Lipinski definition) is 2. The molecule has 1 heterocycles. The average Bonchev–Trinajstić information content (AvgIpc) is 3.05. The van der Waals surface area contributed by atoms with Gasteiger partial charge in [0.2, 0.25) is 6.79 Å². The number of hydrogen-bond acceptors (Lipinski definition) is 5. The van der Waals surface area contributed by atoms with Crippen molar-refractivity contribution in [3.8, 4) is 11.5 Å². The van der Waals surface area contributed by atoms with Gasteiger partial charge in [-0.3, -0.25) is 14.9 Å². The lowest BCUT2D eigenvalue weighted by Gasteiger charge is -2.15. The first kappa shape index (κ1) is 18.7. The molecule has 1 aliphatic heterocycles. The van der Waals surface area contributed by atoms with E-state index in [1.165, 1.54) is 6.07 Å². The van der Waals surface area contributed by atoms with Crippen molar-refractivity contribution < 1.29 is 24.1 Å². The Bertz CT molecular complexity index is 897. The minimum Gasteiger partial charge on any atom is -0.454 e. The fraction of sp³-hybridized carbons (Fsp3) is 0.316. The number of nitro benzene ring substituents is 1. The van der Waals surface area contributed by atoms with E-state index < -0.39 is 4.92 Å². The Morgan fingerprint density at radius 1 is 1.19 bits per heavy atom. The molecule has 2 aromatic rings. The lowest BCUT2D eigenvalue weighted by Crippen LogP contribution is -3.08. The zero-order valence-electron chi connectivity index (χ0n) is 15.5. The Labute approximate surface area is 156 Å². The van der Waals surface area contributed by atoms with Crippen LogP contribution in [0.4, 0.5) is 11.4 Å². The lowest BCUT2D eigenvalue weighted by molar-refractivity contribution is -0.885. The van der Waals surface area contributed by atoms with Crippen LogP contribution in [0.25, 0.3) is 0 Å². The van der Waals surface area contributed by atoms with Crippen LogP contribution in [-0.2, 0) is 11.3 Å². The molecule has 0 radical (unpaired) electrons. The van der Waals surface area contributed by atoms with Crippen molar-refractivity contribution in [1.29, 1.82) is 0 Å². The van der Waals surface area contributed by atoms with E-state index in [1.807, 2.05) is 32.2 Å². The number of quaternary nitrogens is 1. The summed E-state index contributed by atoms with van der Waals surface area (Å²) in [5, 5.41) is 13.9. The Kier molecular flexibility index (Phi) is 5.27. The van der Waals surface area contributed by atoms with Crippen molar-refractivity contribution >= 4 is 17.3 Å². The number of benzene rings is 2. The highest BCUT2D eigenvalue weighted by molar-refractivity contribution is 5.94. The van der Waals surface area contributed by atoms with Crippen molar-refractivity contribution in [1.82, 2.24) is 0 Å². The monoisotopic (exact) mass is 372 g/mol. The van der Waals surface area contributed by atoms with Crippen LogP contribution in [0.2, 0.25) is 0 Å². The van der Waals surface area contributed by atoms with E-state index >= 15 is 0 Å². The third kappa shape index (κ3) is 4.35. The number of carbonyl (C=O) groups is 1. The first-order chi connectivity index (χ1) is 12.8. The molecule has 0 aliphatic carbocycles. The van der Waals surface area contributed by atoms with Crippen LogP contribution in [0.1, 0.15) is 16.7 Å². The maximum Gasteiger partial charge on any atom is 0.293 e. The lowest BCUT2D eigenvalue weighted by atomic mass is 10.1.